The molecule has 1 unspecified atom stereocenters. The highest BCUT2D eigenvalue weighted by molar-refractivity contribution is 5.73. The average molecular weight is 234 g/mol. The number of hydrogen-bond acceptors (Lipinski definition) is 2. The van der Waals surface area contributed by atoms with E-state index in [1.54, 1.807) is 6.08 Å². The van der Waals surface area contributed by atoms with Gasteiger partial charge in [0.1, 0.15) is 0 Å². The molecule has 1 aromatic rings. The van der Waals surface area contributed by atoms with Crippen molar-refractivity contribution in [3.05, 3.63) is 48.6 Å². The van der Waals surface area contributed by atoms with Crippen molar-refractivity contribution in [2.75, 3.05) is 13.1 Å². The number of benzene rings is 1. The van der Waals surface area contributed by atoms with Gasteiger partial charge in [0.15, 0.2) is 0 Å². The topological polar surface area (TPSA) is 61.4 Å². The number of amides is 2. The van der Waals surface area contributed by atoms with Gasteiger partial charge in [0.25, 0.3) is 0 Å². The third-order valence-corrected chi connectivity index (χ3v) is 2.29. The maximum atomic E-state index is 11.2. The number of carbonyl (C=O) groups excluding carboxylic acids is 1. The molecule has 4 nitrogen and oxygen atoms in total. The summed E-state index contributed by atoms with van der Waals surface area (Å²) in [7, 11) is 0. The molecule has 0 aliphatic carbocycles. The Bertz CT molecular complexity index is 352. The highest BCUT2D eigenvalue weighted by Crippen LogP contribution is 2.14. The van der Waals surface area contributed by atoms with E-state index in [0.717, 1.165) is 5.56 Å². The molecule has 0 aliphatic rings. The molecule has 0 heterocycles. The zero-order valence-corrected chi connectivity index (χ0v) is 9.73. The minimum absolute atomic E-state index is 0.245. The van der Waals surface area contributed by atoms with Crippen LogP contribution in [0.4, 0.5) is 4.79 Å². The Balaban J connectivity index is 2.22. The number of nitrogens with one attached hydrogen (secondary N) is 2. The van der Waals surface area contributed by atoms with Crippen LogP contribution in [-0.2, 0) is 0 Å². The lowest BCUT2D eigenvalue weighted by Crippen LogP contribution is -2.36. The molecular formula is C13H18N2O2. The number of aliphatic hydroxyl groups excluding tert-OH is 1. The molecule has 92 valence electrons. The Hall–Kier alpha value is -1.81. The SMILES string of the molecule is C=CCNC(=O)NCCC(O)c1ccccc1. The van der Waals surface area contributed by atoms with Crippen molar-refractivity contribution in [1.29, 1.82) is 0 Å². The lowest BCUT2D eigenvalue weighted by Gasteiger charge is -2.11. The van der Waals surface area contributed by atoms with E-state index < -0.39 is 6.10 Å². The number of rotatable bonds is 6. The molecule has 0 bridgehead atoms. The second kappa shape index (κ2) is 7.46. The van der Waals surface area contributed by atoms with Crippen LogP contribution in [0, 0.1) is 0 Å². The molecular weight excluding hydrogens is 216 g/mol. The van der Waals surface area contributed by atoms with E-state index in [4.69, 9.17) is 0 Å². The van der Waals surface area contributed by atoms with Gasteiger partial charge in [0.05, 0.1) is 6.10 Å². The van der Waals surface area contributed by atoms with Gasteiger partial charge < -0.3 is 15.7 Å². The largest absolute Gasteiger partial charge is 0.388 e. The third-order valence-electron chi connectivity index (χ3n) is 2.29. The monoisotopic (exact) mass is 234 g/mol. The Morgan fingerprint density at radius 1 is 1.35 bits per heavy atom. The van der Waals surface area contributed by atoms with Gasteiger partial charge in [0.2, 0.25) is 0 Å². The van der Waals surface area contributed by atoms with E-state index in [-0.39, 0.29) is 6.03 Å². The second-order valence-corrected chi connectivity index (χ2v) is 3.64. The smallest absolute Gasteiger partial charge is 0.315 e. The first-order chi connectivity index (χ1) is 8.24. The highest BCUT2D eigenvalue weighted by Gasteiger charge is 2.06. The van der Waals surface area contributed by atoms with Crippen LogP contribution >= 0.6 is 0 Å². The van der Waals surface area contributed by atoms with Crippen LogP contribution in [0.3, 0.4) is 0 Å². The summed E-state index contributed by atoms with van der Waals surface area (Å²) in [4.78, 5) is 11.2. The van der Waals surface area contributed by atoms with Gasteiger partial charge >= 0.3 is 6.03 Å². The Kier molecular flexibility index (Phi) is 5.82. The Labute approximate surface area is 101 Å². The predicted octanol–water partition coefficient (Wildman–Crippen LogP) is 1.60. The molecule has 0 spiro atoms. The van der Waals surface area contributed by atoms with Crippen molar-refractivity contribution in [3.8, 4) is 0 Å². The predicted molar refractivity (Wildman–Crippen MR) is 67.6 cm³/mol. The van der Waals surface area contributed by atoms with Crippen LogP contribution in [0.1, 0.15) is 18.1 Å². The van der Waals surface area contributed by atoms with Gasteiger partial charge in [-0.2, -0.15) is 0 Å². The van der Waals surface area contributed by atoms with E-state index >= 15 is 0 Å². The van der Waals surface area contributed by atoms with Gasteiger partial charge in [-0.25, -0.2) is 4.79 Å². The maximum Gasteiger partial charge on any atom is 0.315 e. The fourth-order valence-corrected chi connectivity index (χ4v) is 1.39. The zero-order chi connectivity index (χ0) is 12.5. The molecule has 0 fully saturated rings. The van der Waals surface area contributed by atoms with E-state index in [9.17, 15) is 9.90 Å². The standard InChI is InChI=1S/C13H18N2O2/c1-2-9-14-13(17)15-10-8-12(16)11-6-4-3-5-7-11/h2-7,12,16H,1,8-10H2,(H2,14,15,17). The summed E-state index contributed by atoms with van der Waals surface area (Å²) in [5.41, 5.74) is 0.862. The van der Waals surface area contributed by atoms with Crippen molar-refractivity contribution in [2.24, 2.45) is 0 Å². The molecule has 4 heteroatoms. The van der Waals surface area contributed by atoms with Crippen molar-refractivity contribution >= 4 is 6.03 Å². The van der Waals surface area contributed by atoms with Crippen molar-refractivity contribution < 1.29 is 9.90 Å². The van der Waals surface area contributed by atoms with Crippen LogP contribution in [0.15, 0.2) is 43.0 Å². The molecule has 1 aromatic carbocycles. The highest BCUT2D eigenvalue weighted by atomic mass is 16.3. The third kappa shape index (κ3) is 5.17. The fraction of sp³-hybridized carbons (Fsp3) is 0.308. The normalized spacial score (nSPS) is 11.6. The van der Waals surface area contributed by atoms with Crippen LogP contribution < -0.4 is 10.6 Å². The van der Waals surface area contributed by atoms with E-state index in [1.807, 2.05) is 30.3 Å². The first kappa shape index (κ1) is 13.3. The van der Waals surface area contributed by atoms with Crippen LogP contribution in [0.2, 0.25) is 0 Å². The van der Waals surface area contributed by atoms with Gasteiger partial charge in [-0.15, -0.1) is 6.58 Å². The summed E-state index contributed by atoms with van der Waals surface area (Å²) in [6.45, 7) is 4.37. The first-order valence-electron chi connectivity index (χ1n) is 5.59. The quantitative estimate of drug-likeness (QED) is 0.655. The summed E-state index contributed by atoms with van der Waals surface area (Å²) in [5.74, 6) is 0. The van der Waals surface area contributed by atoms with Crippen LogP contribution in [-0.4, -0.2) is 24.2 Å². The van der Waals surface area contributed by atoms with E-state index in [2.05, 4.69) is 17.2 Å². The first-order valence-corrected chi connectivity index (χ1v) is 5.59. The molecule has 0 saturated carbocycles. The second-order valence-electron chi connectivity index (χ2n) is 3.64. The minimum atomic E-state index is -0.545. The summed E-state index contributed by atoms with van der Waals surface area (Å²) in [5, 5.41) is 15.1. The maximum absolute atomic E-state index is 11.2. The van der Waals surface area contributed by atoms with Gasteiger partial charge in [-0.05, 0) is 12.0 Å². The molecule has 0 saturated heterocycles. The molecule has 1 rings (SSSR count). The molecule has 3 N–H and O–H groups in total. The summed E-state index contributed by atoms with van der Waals surface area (Å²) >= 11 is 0. The Morgan fingerprint density at radius 2 is 2.06 bits per heavy atom. The molecule has 1 atom stereocenters. The lowest BCUT2D eigenvalue weighted by atomic mass is 10.1. The molecule has 0 aromatic heterocycles. The number of aliphatic hydroxyl groups is 1. The van der Waals surface area contributed by atoms with E-state index in [0.29, 0.717) is 19.5 Å². The fourth-order valence-electron chi connectivity index (χ4n) is 1.39. The molecule has 2 amide bonds. The molecule has 0 radical (unpaired) electrons. The minimum Gasteiger partial charge on any atom is -0.388 e. The summed E-state index contributed by atoms with van der Waals surface area (Å²) in [6, 6.07) is 9.14. The van der Waals surface area contributed by atoms with Gasteiger partial charge in [0, 0.05) is 13.1 Å². The van der Waals surface area contributed by atoms with E-state index in [1.165, 1.54) is 0 Å². The van der Waals surface area contributed by atoms with Crippen molar-refractivity contribution in [3.63, 3.8) is 0 Å². The van der Waals surface area contributed by atoms with Gasteiger partial charge in [-0.3, -0.25) is 0 Å². The van der Waals surface area contributed by atoms with Crippen molar-refractivity contribution in [1.82, 2.24) is 10.6 Å². The van der Waals surface area contributed by atoms with Crippen LogP contribution in [0.25, 0.3) is 0 Å². The molecule has 0 aliphatic heterocycles. The number of carbonyl (C=O) groups is 1. The summed E-state index contributed by atoms with van der Waals surface area (Å²) in [6.07, 6.45) is 1.56. The Morgan fingerprint density at radius 3 is 2.71 bits per heavy atom. The lowest BCUT2D eigenvalue weighted by molar-refractivity contribution is 0.167. The summed E-state index contributed by atoms with van der Waals surface area (Å²) < 4.78 is 0. The van der Waals surface area contributed by atoms with Crippen molar-refractivity contribution in [2.45, 2.75) is 12.5 Å². The van der Waals surface area contributed by atoms with Gasteiger partial charge in [-0.1, -0.05) is 36.4 Å². The number of urea groups is 1. The zero-order valence-electron chi connectivity index (χ0n) is 9.73. The van der Waals surface area contributed by atoms with Crippen LogP contribution in [0.5, 0.6) is 0 Å². The average Bonchev–Trinajstić information content (AvgIpc) is 2.37. The number of hydrogen-bond donors (Lipinski definition) is 3. The molecule has 17 heavy (non-hydrogen) atoms.